The van der Waals surface area contributed by atoms with Gasteiger partial charge in [-0.3, -0.25) is 0 Å². The molecule has 0 saturated carbocycles. The Morgan fingerprint density at radius 2 is 2.38 bits per heavy atom. The van der Waals surface area contributed by atoms with E-state index in [-0.39, 0.29) is 0 Å². The van der Waals surface area contributed by atoms with E-state index in [1.54, 1.807) is 0 Å². The Hall–Kier alpha value is -0.870. The van der Waals surface area contributed by atoms with Crippen molar-refractivity contribution in [1.29, 1.82) is 0 Å². The normalized spacial score (nSPS) is 10.9. The summed E-state index contributed by atoms with van der Waals surface area (Å²) >= 11 is 3.42. The van der Waals surface area contributed by atoms with Gasteiger partial charge in [0.1, 0.15) is 5.52 Å². The van der Waals surface area contributed by atoms with Gasteiger partial charge in [-0.25, -0.2) is 4.98 Å². The third-order valence-corrected chi connectivity index (χ3v) is 2.38. The highest BCUT2D eigenvalue weighted by Crippen LogP contribution is 2.23. The van der Waals surface area contributed by atoms with Crippen LogP contribution >= 0.6 is 15.9 Å². The molecule has 0 bridgehead atoms. The first-order valence-corrected chi connectivity index (χ1v) is 4.79. The number of fused-ring (bicyclic) bond motifs is 1. The highest BCUT2D eigenvalue weighted by Gasteiger charge is 2.06. The minimum Gasteiger partial charge on any atom is -0.439 e. The van der Waals surface area contributed by atoms with Crippen molar-refractivity contribution >= 4 is 27.0 Å². The van der Waals surface area contributed by atoms with Crippen LogP contribution in [0.3, 0.4) is 0 Å². The summed E-state index contributed by atoms with van der Waals surface area (Å²) in [6.45, 7) is 0.654. The van der Waals surface area contributed by atoms with Crippen LogP contribution in [0.5, 0.6) is 0 Å². The fourth-order valence-corrected chi connectivity index (χ4v) is 1.62. The molecular formula is C9H9BrN2O. The van der Waals surface area contributed by atoms with Crippen LogP contribution in [0.1, 0.15) is 5.89 Å². The first-order valence-electron chi connectivity index (χ1n) is 4.00. The first-order chi connectivity index (χ1) is 6.31. The van der Waals surface area contributed by atoms with E-state index >= 15 is 0 Å². The number of rotatable bonds is 2. The molecule has 1 heterocycles. The molecule has 0 atom stereocenters. The van der Waals surface area contributed by atoms with Crippen LogP contribution in [-0.4, -0.2) is 12.0 Å². The van der Waals surface area contributed by atoms with Gasteiger partial charge in [-0.1, -0.05) is 6.07 Å². The first kappa shape index (κ1) is 8.72. The molecule has 0 fully saturated rings. The summed E-state index contributed by atoms with van der Waals surface area (Å²) in [4.78, 5) is 4.33. The Kier molecular flexibility index (Phi) is 2.33. The van der Waals surface area contributed by atoms with Gasteiger partial charge < -0.3 is 9.73 Å². The zero-order valence-corrected chi connectivity index (χ0v) is 8.76. The quantitative estimate of drug-likeness (QED) is 0.876. The minimum atomic E-state index is 0.654. The maximum absolute atomic E-state index is 5.49. The van der Waals surface area contributed by atoms with E-state index < -0.39 is 0 Å². The predicted molar refractivity (Wildman–Crippen MR) is 54.5 cm³/mol. The number of aromatic nitrogens is 1. The van der Waals surface area contributed by atoms with E-state index in [1.165, 1.54) is 0 Å². The van der Waals surface area contributed by atoms with Crippen LogP contribution < -0.4 is 5.32 Å². The van der Waals surface area contributed by atoms with Gasteiger partial charge in [0.05, 0.1) is 6.54 Å². The average molecular weight is 241 g/mol. The number of nitrogens with one attached hydrogen (secondary N) is 1. The second-order valence-corrected chi connectivity index (χ2v) is 3.58. The zero-order chi connectivity index (χ0) is 9.26. The third kappa shape index (κ3) is 1.59. The second kappa shape index (κ2) is 3.47. The molecule has 0 aliphatic carbocycles. The molecule has 0 aliphatic rings. The Morgan fingerprint density at radius 1 is 1.54 bits per heavy atom. The summed E-state index contributed by atoms with van der Waals surface area (Å²) in [6.07, 6.45) is 0. The molecular weight excluding hydrogens is 232 g/mol. The third-order valence-electron chi connectivity index (χ3n) is 1.74. The molecule has 1 N–H and O–H groups in total. The number of benzene rings is 1. The van der Waals surface area contributed by atoms with Gasteiger partial charge in [-0.15, -0.1) is 0 Å². The Labute approximate surface area is 84.3 Å². The largest absolute Gasteiger partial charge is 0.439 e. The smallest absolute Gasteiger partial charge is 0.209 e. The average Bonchev–Trinajstić information content (AvgIpc) is 2.49. The molecule has 0 radical (unpaired) electrons. The molecule has 1 aromatic carbocycles. The zero-order valence-electron chi connectivity index (χ0n) is 7.17. The number of nitrogens with zero attached hydrogens (tertiary/aromatic N) is 1. The molecule has 13 heavy (non-hydrogen) atoms. The summed E-state index contributed by atoms with van der Waals surface area (Å²) in [5.41, 5.74) is 1.70. The number of halogens is 1. The van der Waals surface area contributed by atoms with Crippen molar-refractivity contribution in [2.75, 3.05) is 7.05 Å². The molecule has 3 nitrogen and oxygen atoms in total. The predicted octanol–water partition coefficient (Wildman–Crippen LogP) is 2.31. The lowest BCUT2D eigenvalue weighted by atomic mass is 10.3. The Balaban J connectivity index is 2.55. The van der Waals surface area contributed by atoms with Crippen LogP contribution in [0.2, 0.25) is 0 Å². The van der Waals surface area contributed by atoms with Crippen molar-refractivity contribution in [1.82, 2.24) is 10.3 Å². The van der Waals surface area contributed by atoms with Crippen molar-refractivity contribution in [2.45, 2.75) is 6.54 Å². The summed E-state index contributed by atoms with van der Waals surface area (Å²) in [5, 5.41) is 2.99. The van der Waals surface area contributed by atoms with Gasteiger partial charge in [0.2, 0.25) is 5.89 Å². The van der Waals surface area contributed by atoms with E-state index in [9.17, 15) is 0 Å². The SMILES string of the molecule is CNCc1nc2c(Br)cccc2o1. The van der Waals surface area contributed by atoms with Crippen molar-refractivity contribution in [3.8, 4) is 0 Å². The van der Waals surface area contributed by atoms with Gasteiger partial charge in [0.15, 0.2) is 5.58 Å². The lowest BCUT2D eigenvalue weighted by Gasteiger charge is -1.88. The van der Waals surface area contributed by atoms with Gasteiger partial charge in [-0.05, 0) is 35.1 Å². The molecule has 4 heteroatoms. The van der Waals surface area contributed by atoms with Crippen molar-refractivity contribution in [3.63, 3.8) is 0 Å². The molecule has 0 saturated heterocycles. The Bertz CT molecular complexity index is 424. The molecule has 0 aliphatic heterocycles. The topological polar surface area (TPSA) is 38.1 Å². The monoisotopic (exact) mass is 240 g/mol. The van der Waals surface area contributed by atoms with Crippen LogP contribution in [0.15, 0.2) is 27.1 Å². The molecule has 2 rings (SSSR count). The van der Waals surface area contributed by atoms with Gasteiger partial charge in [0, 0.05) is 4.47 Å². The van der Waals surface area contributed by atoms with Crippen molar-refractivity contribution in [2.24, 2.45) is 0 Å². The Morgan fingerprint density at radius 3 is 3.08 bits per heavy atom. The lowest BCUT2D eigenvalue weighted by molar-refractivity contribution is 0.511. The van der Waals surface area contributed by atoms with Gasteiger partial charge in [-0.2, -0.15) is 0 Å². The number of oxazole rings is 1. The van der Waals surface area contributed by atoms with Crippen molar-refractivity contribution in [3.05, 3.63) is 28.6 Å². The van der Waals surface area contributed by atoms with E-state index in [0.717, 1.165) is 15.6 Å². The van der Waals surface area contributed by atoms with E-state index in [1.807, 2.05) is 25.2 Å². The van der Waals surface area contributed by atoms with E-state index in [0.29, 0.717) is 12.4 Å². The van der Waals surface area contributed by atoms with Crippen LogP contribution in [-0.2, 0) is 6.54 Å². The second-order valence-electron chi connectivity index (χ2n) is 2.72. The maximum atomic E-state index is 5.49. The molecule has 1 aromatic heterocycles. The highest BCUT2D eigenvalue weighted by atomic mass is 79.9. The summed E-state index contributed by atoms with van der Waals surface area (Å²) in [7, 11) is 1.86. The van der Waals surface area contributed by atoms with Crippen LogP contribution in [0, 0.1) is 0 Å². The standard InChI is InChI=1S/C9H9BrN2O/c1-11-5-8-12-9-6(10)3-2-4-7(9)13-8/h2-4,11H,5H2,1H3. The fourth-order valence-electron chi connectivity index (χ4n) is 1.19. The van der Waals surface area contributed by atoms with Gasteiger partial charge >= 0.3 is 0 Å². The van der Waals surface area contributed by atoms with E-state index in [2.05, 4.69) is 26.2 Å². The molecule has 0 unspecified atom stereocenters. The maximum Gasteiger partial charge on any atom is 0.209 e. The van der Waals surface area contributed by atoms with Gasteiger partial charge in [0.25, 0.3) is 0 Å². The number of para-hydroxylation sites is 1. The van der Waals surface area contributed by atoms with Crippen LogP contribution in [0.25, 0.3) is 11.1 Å². The molecule has 0 amide bonds. The lowest BCUT2D eigenvalue weighted by Crippen LogP contribution is -2.04. The molecule has 68 valence electrons. The van der Waals surface area contributed by atoms with Crippen LogP contribution in [0.4, 0.5) is 0 Å². The minimum absolute atomic E-state index is 0.654. The molecule has 2 aromatic rings. The summed E-state index contributed by atoms with van der Waals surface area (Å²) in [6, 6.07) is 5.79. The highest BCUT2D eigenvalue weighted by molar-refractivity contribution is 9.10. The van der Waals surface area contributed by atoms with Crippen molar-refractivity contribution < 1.29 is 4.42 Å². The summed E-state index contributed by atoms with van der Waals surface area (Å²) in [5.74, 6) is 0.712. The fraction of sp³-hybridized carbons (Fsp3) is 0.222. The summed E-state index contributed by atoms with van der Waals surface area (Å²) < 4.78 is 6.45. The van der Waals surface area contributed by atoms with E-state index in [4.69, 9.17) is 4.42 Å². The number of hydrogen-bond acceptors (Lipinski definition) is 3. The molecule has 0 spiro atoms. The number of hydrogen-bond donors (Lipinski definition) is 1.